The second-order valence-corrected chi connectivity index (χ2v) is 4.83. The summed E-state index contributed by atoms with van der Waals surface area (Å²) in [6.07, 6.45) is 3.47. The maximum atomic E-state index is 6.05. The first-order chi connectivity index (χ1) is 8.79. The Bertz CT molecular complexity index is 542. The number of aromatic nitrogens is 2. The molecule has 0 aliphatic heterocycles. The molecule has 0 radical (unpaired) electrons. The fourth-order valence-corrected chi connectivity index (χ4v) is 2.35. The lowest BCUT2D eigenvalue weighted by Crippen LogP contribution is -1.92. The van der Waals surface area contributed by atoms with Crippen LogP contribution >= 0.6 is 23.4 Å². The molecule has 2 N–H and O–H groups in total. The molecule has 0 aliphatic rings. The molecule has 6 heteroatoms. The van der Waals surface area contributed by atoms with E-state index < -0.39 is 0 Å². The first-order valence-electron chi connectivity index (χ1n) is 5.36. The zero-order valence-corrected chi connectivity index (χ0v) is 11.1. The average Bonchev–Trinajstić information content (AvgIpc) is 2.83. The number of hydrogen-bond donors (Lipinski definition) is 1. The minimum Gasteiger partial charge on any atom is -0.335 e. The zero-order chi connectivity index (χ0) is 12.8. The molecule has 2 aromatic rings. The van der Waals surface area contributed by atoms with Crippen LogP contribution in [0.25, 0.3) is 6.08 Å². The number of hydrogen-bond acceptors (Lipinski definition) is 5. The first-order valence-corrected chi connectivity index (χ1v) is 6.72. The van der Waals surface area contributed by atoms with Crippen molar-refractivity contribution in [3.8, 4) is 0 Å². The Morgan fingerprint density at radius 1 is 1.39 bits per heavy atom. The highest BCUT2D eigenvalue weighted by Gasteiger charge is 2.06. The topological polar surface area (TPSA) is 64.9 Å². The molecule has 1 aromatic heterocycles. The first kappa shape index (κ1) is 13.1. The Kier molecular flexibility index (Phi) is 4.81. The zero-order valence-electron chi connectivity index (χ0n) is 9.54. The highest BCUT2D eigenvalue weighted by Crippen LogP contribution is 2.28. The van der Waals surface area contributed by atoms with Gasteiger partial charge in [-0.3, -0.25) is 0 Å². The monoisotopic (exact) mass is 281 g/mol. The van der Waals surface area contributed by atoms with E-state index in [0.717, 1.165) is 9.92 Å². The standard InChI is InChI=1S/C12H12ClN3OS/c13-9-4-1-2-5-10(9)18-8-11-15-12(17-16-11)6-3-7-14/h1-6H,7-8,14H2/b6-3+. The quantitative estimate of drug-likeness (QED) is 0.854. The number of thioether (sulfide) groups is 1. The van der Waals surface area contributed by atoms with Crippen LogP contribution in [0, 0.1) is 0 Å². The molecule has 0 saturated carbocycles. The number of nitrogens with zero attached hydrogens (tertiary/aromatic N) is 2. The Morgan fingerprint density at radius 2 is 2.22 bits per heavy atom. The number of benzene rings is 1. The van der Waals surface area contributed by atoms with Gasteiger partial charge in [-0.25, -0.2) is 0 Å². The van der Waals surface area contributed by atoms with E-state index in [2.05, 4.69) is 10.1 Å². The van der Waals surface area contributed by atoms with Gasteiger partial charge in [-0.2, -0.15) is 4.98 Å². The van der Waals surface area contributed by atoms with Crippen LogP contribution in [0.1, 0.15) is 11.7 Å². The van der Waals surface area contributed by atoms with E-state index in [1.807, 2.05) is 24.3 Å². The van der Waals surface area contributed by atoms with E-state index in [0.29, 0.717) is 24.0 Å². The average molecular weight is 282 g/mol. The number of halogens is 1. The Morgan fingerprint density at radius 3 is 3.00 bits per heavy atom. The van der Waals surface area contributed by atoms with Gasteiger partial charge in [-0.1, -0.05) is 35.0 Å². The SMILES string of the molecule is NC/C=C/c1nc(CSc2ccccc2Cl)no1. The molecule has 1 aromatic carbocycles. The molecule has 2 rings (SSSR count). The lowest BCUT2D eigenvalue weighted by atomic mass is 10.4. The van der Waals surface area contributed by atoms with E-state index in [-0.39, 0.29) is 0 Å². The number of nitrogens with two attached hydrogens (primary N) is 1. The Balaban J connectivity index is 1.96. The summed E-state index contributed by atoms with van der Waals surface area (Å²) in [6, 6.07) is 7.66. The van der Waals surface area contributed by atoms with E-state index >= 15 is 0 Å². The van der Waals surface area contributed by atoms with Gasteiger partial charge in [0.05, 0.1) is 10.8 Å². The van der Waals surface area contributed by atoms with Crippen LogP contribution in [0.3, 0.4) is 0 Å². The van der Waals surface area contributed by atoms with Crippen molar-refractivity contribution in [2.45, 2.75) is 10.6 Å². The van der Waals surface area contributed by atoms with Crippen LogP contribution in [0.5, 0.6) is 0 Å². The van der Waals surface area contributed by atoms with Crippen LogP contribution in [0.2, 0.25) is 5.02 Å². The van der Waals surface area contributed by atoms with Crippen molar-refractivity contribution in [1.29, 1.82) is 0 Å². The largest absolute Gasteiger partial charge is 0.335 e. The van der Waals surface area contributed by atoms with Gasteiger partial charge in [0, 0.05) is 17.5 Å². The summed E-state index contributed by atoms with van der Waals surface area (Å²) in [5, 5.41) is 4.60. The molecule has 0 bridgehead atoms. The van der Waals surface area contributed by atoms with Gasteiger partial charge in [0.2, 0.25) is 5.89 Å². The molecule has 0 unspecified atom stereocenters. The molecule has 4 nitrogen and oxygen atoms in total. The van der Waals surface area contributed by atoms with Crippen LogP contribution in [-0.4, -0.2) is 16.7 Å². The maximum Gasteiger partial charge on any atom is 0.250 e. The van der Waals surface area contributed by atoms with Gasteiger partial charge in [0.25, 0.3) is 0 Å². The van der Waals surface area contributed by atoms with Crippen LogP contribution in [0.15, 0.2) is 39.8 Å². The molecule has 0 aliphatic carbocycles. The summed E-state index contributed by atoms with van der Waals surface area (Å²) in [6.45, 7) is 0.450. The highest BCUT2D eigenvalue weighted by molar-refractivity contribution is 7.98. The smallest absolute Gasteiger partial charge is 0.250 e. The summed E-state index contributed by atoms with van der Waals surface area (Å²) in [5.74, 6) is 1.72. The molecule has 0 saturated heterocycles. The second kappa shape index (κ2) is 6.58. The lowest BCUT2D eigenvalue weighted by molar-refractivity contribution is 0.405. The molecular weight excluding hydrogens is 270 g/mol. The van der Waals surface area contributed by atoms with Crippen molar-refractivity contribution >= 4 is 29.4 Å². The molecule has 0 amide bonds. The molecule has 94 valence electrons. The van der Waals surface area contributed by atoms with Crippen molar-refractivity contribution in [1.82, 2.24) is 10.1 Å². The minimum absolute atomic E-state index is 0.450. The Labute approximate surface area is 114 Å². The van der Waals surface area contributed by atoms with E-state index in [4.69, 9.17) is 21.9 Å². The van der Waals surface area contributed by atoms with E-state index in [9.17, 15) is 0 Å². The van der Waals surface area contributed by atoms with Crippen molar-refractivity contribution in [3.63, 3.8) is 0 Å². The van der Waals surface area contributed by atoms with Gasteiger partial charge >= 0.3 is 0 Å². The van der Waals surface area contributed by atoms with Crippen LogP contribution in [-0.2, 0) is 5.75 Å². The fraction of sp³-hybridized carbons (Fsp3) is 0.167. The van der Waals surface area contributed by atoms with Crippen LogP contribution in [0.4, 0.5) is 0 Å². The molecule has 1 heterocycles. The van der Waals surface area contributed by atoms with Gasteiger partial charge < -0.3 is 10.3 Å². The molecule has 0 spiro atoms. The number of rotatable bonds is 5. The normalized spacial score (nSPS) is 11.2. The summed E-state index contributed by atoms with van der Waals surface area (Å²) in [5.41, 5.74) is 5.34. The van der Waals surface area contributed by atoms with Gasteiger partial charge in [-0.15, -0.1) is 11.8 Å². The minimum atomic E-state index is 0.450. The molecular formula is C12H12ClN3OS. The van der Waals surface area contributed by atoms with Crippen LogP contribution < -0.4 is 5.73 Å². The van der Waals surface area contributed by atoms with E-state index in [1.165, 1.54) is 0 Å². The van der Waals surface area contributed by atoms with Gasteiger partial charge in [0.15, 0.2) is 5.82 Å². The lowest BCUT2D eigenvalue weighted by Gasteiger charge is -2.00. The summed E-state index contributed by atoms with van der Waals surface area (Å²) < 4.78 is 5.04. The maximum absolute atomic E-state index is 6.05. The summed E-state index contributed by atoms with van der Waals surface area (Å²) >= 11 is 7.63. The van der Waals surface area contributed by atoms with Crippen molar-refractivity contribution in [3.05, 3.63) is 47.1 Å². The second-order valence-electron chi connectivity index (χ2n) is 3.41. The molecule has 0 atom stereocenters. The van der Waals surface area contributed by atoms with Crippen molar-refractivity contribution in [2.75, 3.05) is 6.54 Å². The fourth-order valence-electron chi connectivity index (χ4n) is 1.27. The third kappa shape index (κ3) is 3.60. The molecule has 0 fully saturated rings. The summed E-state index contributed by atoms with van der Waals surface area (Å²) in [7, 11) is 0. The van der Waals surface area contributed by atoms with Crippen molar-refractivity contribution < 1.29 is 4.52 Å². The third-order valence-electron chi connectivity index (χ3n) is 2.07. The third-order valence-corrected chi connectivity index (χ3v) is 3.58. The Hall–Kier alpha value is -1.30. The van der Waals surface area contributed by atoms with Crippen molar-refractivity contribution in [2.24, 2.45) is 5.73 Å². The van der Waals surface area contributed by atoms with Gasteiger partial charge in [0.1, 0.15) is 0 Å². The van der Waals surface area contributed by atoms with Gasteiger partial charge in [-0.05, 0) is 12.1 Å². The summed E-state index contributed by atoms with van der Waals surface area (Å²) in [4.78, 5) is 5.21. The predicted molar refractivity (Wildman–Crippen MR) is 73.4 cm³/mol. The predicted octanol–water partition coefficient (Wildman–Crippen LogP) is 2.99. The van der Waals surface area contributed by atoms with E-state index in [1.54, 1.807) is 23.9 Å². The molecule has 18 heavy (non-hydrogen) atoms. The highest BCUT2D eigenvalue weighted by atomic mass is 35.5.